The van der Waals surface area contributed by atoms with Gasteiger partial charge < -0.3 is 0 Å². The van der Waals surface area contributed by atoms with Crippen LogP contribution in [0.2, 0.25) is 0 Å². The van der Waals surface area contributed by atoms with E-state index in [0.717, 1.165) is 23.7 Å². The summed E-state index contributed by atoms with van der Waals surface area (Å²) in [5.41, 5.74) is 1.90. The van der Waals surface area contributed by atoms with Crippen LogP contribution in [0.25, 0.3) is 0 Å². The maximum Gasteiger partial charge on any atom is -0.0195 e. The largest absolute Gasteiger partial charge is 0.0848 e. The van der Waals surface area contributed by atoms with Crippen molar-refractivity contribution >= 4 is 0 Å². The first-order valence-corrected chi connectivity index (χ1v) is 7.06. The van der Waals surface area contributed by atoms with Crippen molar-refractivity contribution in [3.8, 4) is 0 Å². The van der Waals surface area contributed by atoms with Crippen LogP contribution >= 0.6 is 0 Å². The van der Waals surface area contributed by atoms with Gasteiger partial charge in [-0.1, -0.05) is 31.4 Å². The summed E-state index contributed by atoms with van der Waals surface area (Å²) in [6.07, 6.45) is 14.5. The van der Waals surface area contributed by atoms with Crippen molar-refractivity contribution < 1.29 is 0 Å². The van der Waals surface area contributed by atoms with Gasteiger partial charge in [-0.3, -0.25) is 0 Å². The van der Waals surface area contributed by atoms with E-state index < -0.39 is 0 Å². The van der Waals surface area contributed by atoms with E-state index in [1.807, 2.05) is 5.57 Å². The molecule has 15 heavy (non-hydrogen) atoms. The zero-order valence-electron chi connectivity index (χ0n) is 10.0. The van der Waals surface area contributed by atoms with Gasteiger partial charge in [0.1, 0.15) is 0 Å². The van der Waals surface area contributed by atoms with Gasteiger partial charge in [0.05, 0.1) is 0 Å². The molecule has 0 saturated heterocycles. The predicted octanol–water partition coefficient (Wildman–Crippen LogP) is 4.56. The summed E-state index contributed by atoms with van der Waals surface area (Å²) in [4.78, 5) is 0. The third-order valence-electron chi connectivity index (χ3n) is 5.02. The van der Waals surface area contributed by atoms with Gasteiger partial charge in [-0.25, -0.2) is 0 Å². The lowest BCUT2D eigenvalue weighted by atomic mass is 9.54. The van der Waals surface area contributed by atoms with Crippen LogP contribution < -0.4 is 0 Å². The van der Waals surface area contributed by atoms with E-state index >= 15 is 0 Å². The van der Waals surface area contributed by atoms with Gasteiger partial charge in [0.2, 0.25) is 0 Å². The fraction of sp³-hybridized carbons (Fsp3) is 0.867. The Balaban J connectivity index is 1.72. The van der Waals surface area contributed by atoms with Gasteiger partial charge in [0.25, 0.3) is 0 Å². The summed E-state index contributed by atoms with van der Waals surface area (Å²) in [7, 11) is 0. The molecule has 0 radical (unpaired) electrons. The van der Waals surface area contributed by atoms with E-state index in [1.165, 1.54) is 19.3 Å². The van der Waals surface area contributed by atoms with E-state index in [2.05, 4.69) is 13.0 Å². The average Bonchev–Trinajstić information content (AvgIpc) is 2.21. The number of hydrogen-bond acceptors (Lipinski definition) is 0. The first-order chi connectivity index (χ1) is 7.36. The molecule has 4 rings (SSSR count). The smallest absolute Gasteiger partial charge is 0.0195 e. The minimum Gasteiger partial charge on any atom is -0.0848 e. The van der Waals surface area contributed by atoms with Gasteiger partial charge in [-0.2, -0.15) is 0 Å². The fourth-order valence-electron chi connectivity index (χ4n) is 4.53. The second-order valence-corrected chi connectivity index (χ2v) is 6.15. The summed E-state index contributed by atoms with van der Waals surface area (Å²) >= 11 is 0. The molecule has 0 heterocycles. The van der Waals surface area contributed by atoms with Crippen molar-refractivity contribution in [3.05, 3.63) is 11.6 Å². The average molecular weight is 204 g/mol. The van der Waals surface area contributed by atoms with E-state index in [4.69, 9.17) is 0 Å². The minimum atomic E-state index is 1.03. The Labute approximate surface area is 94.1 Å². The summed E-state index contributed by atoms with van der Waals surface area (Å²) in [5, 5.41) is 0. The summed E-state index contributed by atoms with van der Waals surface area (Å²) in [6, 6.07) is 0. The van der Waals surface area contributed by atoms with Gasteiger partial charge in [0.15, 0.2) is 0 Å². The Bertz CT molecular complexity index is 231. The zero-order chi connectivity index (χ0) is 10.3. The molecule has 0 aromatic carbocycles. The third kappa shape index (κ3) is 1.77. The van der Waals surface area contributed by atoms with Crippen molar-refractivity contribution in [2.24, 2.45) is 23.7 Å². The Morgan fingerprint density at radius 2 is 1.60 bits per heavy atom. The van der Waals surface area contributed by atoms with Crippen molar-refractivity contribution in [2.75, 3.05) is 0 Å². The molecule has 0 aromatic heterocycles. The van der Waals surface area contributed by atoms with Gasteiger partial charge in [0, 0.05) is 0 Å². The van der Waals surface area contributed by atoms with Crippen LogP contribution in [0.15, 0.2) is 11.6 Å². The summed E-state index contributed by atoms with van der Waals surface area (Å²) in [6.45, 7) is 2.30. The predicted molar refractivity (Wildman–Crippen MR) is 64.7 cm³/mol. The maximum atomic E-state index is 2.64. The van der Waals surface area contributed by atoms with E-state index in [9.17, 15) is 0 Å². The topological polar surface area (TPSA) is 0 Å². The molecule has 0 N–H and O–H groups in total. The molecule has 4 aliphatic carbocycles. The SMILES string of the molecule is CCCCC=C1C2CC3CC(C2)CC1C3. The van der Waals surface area contributed by atoms with Crippen LogP contribution in [0.1, 0.15) is 58.3 Å². The zero-order valence-corrected chi connectivity index (χ0v) is 10.0. The molecule has 0 heteroatoms. The standard InChI is InChI=1S/C15H24/c1-2-3-4-5-15-13-7-11-6-12(9-13)10-14(15)8-11/h5,11-14H,2-4,6-10H2,1H3. The van der Waals surface area contributed by atoms with Crippen LogP contribution in [0.4, 0.5) is 0 Å². The molecule has 0 aliphatic heterocycles. The molecule has 4 fully saturated rings. The molecule has 0 aromatic rings. The molecule has 0 unspecified atom stereocenters. The molecule has 0 spiro atoms. The van der Waals surface area contributed by atoms with Crippen molar-refractivity contribution in [1.82, 2.24) is 0 Å². The highest BCUT2D eigenvalue weighted by atomic mass is 14.5. The molecule has 84 valence electrons. The Morgan fingerprint density at radius 3 is 2.13 bits per heavy atom. The quantitative estimate of drug-likeness (QED) is 0.467. The van der Waals surface area contributed by atoms with Crippen molar-refractivity contribution in [1.29, 1.82) is 0 Å². The monoisotopic (exact) mass is 204 g/mol. The van der Waals surface area contributed by atoms with Crippen molar-refractivity contribution in [2.45, 2.75) is 58.3 Å². The molecular formula is C15H24. The van der Waals surface area contributed by atoms with Gasteiger partial charge in [-0.15, -0.1) is 0 Å². The van der Waals surface area contributed by atoms with E-state index in [0.29, 0.717) is 0 Å². The number of rotatable bonds is 3. The maximum absolute atomic E-state index is 2.64. The van der Waals surface area contributed by atoms with E-state index in [-0.39, 0.29) is 0 Å². The normalized spacial score (nSPS) is 42.3. The third-order valence-corrected chi connectivity index (χ3v) is 5.02. The number of hydrogen-bond donors (Lipinski definition) is 0. The number of unbranched alkanes of at least 4 members (excludes halogenated alkanes) is 2. The lowest BCUT2D eigenvalue weighted by Crippen LogP contribution is -2.40. The molecule has 4 bridgehead atoms. The molecule has 0 nitrogen and oxygen atoms in total. The fourth-order valence-corrected chi connectivity index (χ4v) is 4.53. The molecular weight excluding hydrogens is 180 g/mol. The lowest BCUT2D eigenvalue weighted by molar-refractivity contribution is 0.0692. The van der Waals surface area contributed by atoms with Crippen LogP contribution in [0.3, 0.4) is 0 Å². The number of allylic oxidation sites excluding steroid dienone is 2. The summed E-state index contributed by atoms with van der Waals surface area (Å²) in [5.74, 6) is 4.29. The van der Waals surface area contributed by atoms with Crippen molar-refractivity contribution in [3.63, 3.8) is 0 Å². The summed E-state index contributed by atoms with van der Waals surface area (Å²) < 4.78 is 0. The first kappa shape index (κ1) is 9.93. The second-order valence-electron chi connectivity index (χ2n) is 6.15. The van der Waals surface area contributed by atoms with Crippen LogP contribution in [-0.2, 0) is 0 Å². The lowest BCUT2D eigenvalue weighted by Gasteiger charge is -2.51. The van der Waals surface area contributed by atoms with Crippen LogP contribution in [0.5, 0.6) is 0 Å². The minimum absolute atomic E-state index is 1.03. The van der Waals surface area contributed by atoms with E-state index in [1.54, 1.807) is 32.1 Å². The molecule has 4 aliphatic rings. The molecule has 0 amide bonds. The Hall–Kier alpha value is -0.260. The Morgan fingerprint density at radius 1 is 1.00 bits per heavy atom. The highest BCUT2D eigenvalue weighted by Crippen LogP contribution is 2.56. The van der Waals surface area contributed by atoms with Gasteiger partial charge in [-0.05, 0) is 62.2 Å². The van der Waals surface area contributed by atoms with Crippen LogP contribution in [0, 0.1) is 23.7 Å². The highest BCUT2D eigenvalue weighted by Gasteiger charge is 2.44. The second kappa shape index (κ2) is 3.96. The van der Waals surface area contributed by atoms with Crippen LogP contribution in [-0.4, -0.2) is 0 Å². The first-order valence-electron chi connectivity index (χ1n) is 7.06. The van der Waals surface area contributed by atoms with Gasteiger partial charge >= 0.3 is 0 Å². The Kier molecular flexibility index (Phi) is 2.62. The molecule has 0 atom stereocenters. The molecule has 4 saturated carbocycles. The highest BCUT2D eigenvalue weighted by molar-refractivity contribution is 5.20.